The van der Waals surface area contributed by atoms with Crippen LogP contribution in [0.2, 0.25) is 0 Å². The summed E-state index contributed by atoms with van der Waals surface area (Å²) in [6.07, 6.45) is 2.39. The van der Waals surface area contributed by atoms with Gasteiger partial charge in [0.25, 0.3) is 0 Å². The van der Waals surface area contributed by atoms with Gasteiger partial charge in [0.2, 0.25) is 5.91 Å². The average molecular weight is 190 g/mol. The lowest BCUT2D eigenvalue weighted by Crippen LogP contribution is -2.15. The van der Waals surface area contributed by atoms with Gasteiger partial charge in [-0.05, 0) is 36.5 Å². The van der Waals surface area contributed by atoms with Gasteiger partial charge in [-0.1, -0.05) is 12.1 Å². The van der Waals surface area contributed by atoms with E-state index >= 15 is 0 Å². The Morgan fingerprint density at radius 1 is 1.43 bits per heavy atom. The van der Waals surface area contributed by atoms with Crippen LogP contribution in [-0.2, 0) is 0 Å². The maximum absolute atomic E-state index is 10.9. The Morgan fingerprint density at radius 2 is 2.14 bits per heavy atom. The largest absolute Gasteiger partial charge is 0.366 e. The molecule has 0 unspecified atom stereocenters. The van der Waals surface area contributed by atoms with Crippen LogP contribution in [0.4, 0.5) is 0 Å². The molecule has 1 atom stereocenters. The van der Waals surface area contributed by atoms with Gasteiger partial charge in [0, 0.05) is 11.6 Å². The van der Waals surface area contributed by atoms with Crippen LogP contribution in [0.3, 0.4) is 0 Å². The summed E-state index contributed by atoms with van der Waals surface area (Å²) in [5.41, 5.74) is 12.8. The van der Waals surface area contributed by atoms with Crippen molar-refractivity contribution in [3.63, 3.8) is 0 Å². The molecule has 0 spiro atoms. The second kappa shape index (κ2) is 3.42. The number of rotatable bonds is 3. The summed E-state index contributed by atoms with van der Waals surface area (Å²) < 4.78 is 0. The lowest BCUT2D eigenvalue weighted by atomic mass is 10.0. The van der Waals surface area contributed by atoms with Crippen LogP contribution in [-0.4, -0.2) is 5.91 Å². The summed E-state index contributed by atoms with van der Waals surface area (Å²) in [6.45, 7) is 0. The number of hydrogen-bond acceptors (Lipinski definition) is 2. The van der Waals surface area contributed by atoms with Crippen molar-refractivity contribution in [2.75, 3.05) is 0 Å². The summed E-state index contributed by atoms with van der Waals surface area (Å²) in [5.74, 6) is 0.202. The fourth-order valence-corrected chi connectivity index (χ4v) is 1.63. The normalized spacial score (nSPS) is 17.8. The number of amides is 1. The number of carbonyl (C=O) groups excluding carboxylic acids is 1. The van der Waals surface area contributed by atoms with Crippen molar-refractivity contribution in [2.24, 2.45) is 17.4 Å². The zero-order valence-electron chi connectivity index (χ0n) is 7.94. The Kier molecular flexibility index (Phi) is 2.25. The third kappa shape index (κ3) is 1.77. The first kappa shape index (κ1) is 9.21. The minimum Gasteiger partial charge on any atom is -0.366 e. The summed E-state index contributed by atoms with van der Waals surface area (Å²) in [7, 11) is 0. The molecule has 1 aliphatic rings. The molecule has 0 bridgehead atoms. The van der Waals surface area contributed by atoms with E-state index < -0.39 is 5.91 Å². The van der Waals surface area contributed by atoms with Crippen LogP contribution in [0.5, 0.6) is 0 Å². The highest BCUT2D eigenvalue weighted by molar-refractivity contribution is 5.92. The highest BCUT2D eigenvalue weighted by Gasteiger charge is 2.29. The molecule has 1 aromatic carbocycles. The molecule has 0 aliphatic heterocycles. The smallest absolute Gasteiger partial charge is 0.248 e. The molecule has 1 aliphatic carbocycles. The molecule has 2 rings (SSSR count). The Hall–Kier alpha value is -1.35. The van der Waals surface area contributed by atoms with E-state index in [-0.39, 0.29) is 6.04 Å². The van der Waals surface area contributed by atoms with E-state index in [9.17, 15) is 4.79 Å². The molecule has 1 fully saturated rings. The predicted octanol–water partition coefficient (Wildman–Crippen LogP) is 1.20. The quantitative estimate of drug-likeness (QED) is 0.751. The van der Waals surface area contributed by atoms with Gasteiger partial charge in [0.1, 0.15) is 0 Å². The zero-order chi connectivity index (χ0) is 10.1. The van der Waals surface area contributed by atoms with Crippen molar-refractivity contribution >= 4 is 5.91 Å². The molecule has 0 heterocycles. The Labute approximate surface area is 83.1 Å². The molecule has 0 saturated heterocycles. The van der Waals surface area contributed by atoms with E-state index in [0.717, 1.165) is 5.56 Å². The first-order valence-corrected chi connectivity index (χ1v) is 4.84. The van der Waals surface area contributed by atoms with Gasteiger partial charge in [0.05, 0.1) is 0 Å². The molecule has 1 amide bonds. The Bertz CT molecular complexity index is 358. The summed E-state index contributed by atoms with van der Waals surface area (Å²) in [6, 6.07) is 7.36. The fraction of sp³-hybridized carbons (Fsp3) is 0.364. The van der Waals surface area contributed by atoms with Crippen molar-refractivity contribution in [2.45, 2.75) is 18.9 Å². The molecule has 14 heavy (non-hydrogen) atoms. The zero-order valence-corrected chi connectivity index (χ0v) is 7.94. The minimum atomic E-state index is -0.394. The van der Waals surface area contributed by atoms with Crippen molar-refractivity contribution < 1.29 is 4.79 Å². The highest BCUT2D eigenvalue weighted by atomic mass is 16.1. The molecule has 1 aromatic rings. The minimum absolute atomic E-state index is 0.0642. The van der Waals surface area contributed by atoms with E-state index in [2.05, 4.69) is 0 Å². The molecular weight excluding hydrogens is 176 g/mol. The molecule has 3 heteroatoms. The second-order valence-corrected chi connectivity index (χ2v) is 3.85. The SMILES string of the molecule is NC(=O)c1cccc([C@H](N)C2CC2)c1. The topological polar surface area (TPSA) is 69.1 Å². The average Bonchev–Trinajstić information content (AvgIpc) is 3.00. The third-order valence-electron chi connectivity index (χ3n) is 2.69. The van der Waals surface area contributed by atoms with Crippen molar-refractivity contribution in [1.82, 2.24) is 0 Å². The monoisotopic (exact) mass is 190 g/mol. The lowest BCUT2D eigenvalue weighted by molar-refractivity contribution is 0.1000. The van der Waals surface area contributed by atoms with Gasteiger partial charge < -0.3 is 11.5 Å². The van der Waals surface area contributed by atoms with Gasteiger partial charge in [-0.15, -0.1) is 0 Å². The number of benzene rings is 1. The van der Waals surface area contributed by atoms with E-state index in [1.165, 1.54) is 12.8 Å². The van der Waals surface area contributed by atoms with E-state index in [0.29, 0.717) is 11.5 Å². The number of primary amides is 1. The van der Waals surface area contributed by atoms with Crippen molar-refractivity contribution in [3.8, 4) is 0 Å². The summed E-state index contributed by atoms with van der Waals surface area (Å²) in [5, 5.41) is 0. The first-order valence-electron chi connectivity index (χ1n) is 4.84. The van der Waals surface area contributed by atoms with Crippen LogP contribution < -0.4 is 11.5 Å². The van der Waals surface area contributed by atoms with Gasteiger partial charge in [-0.2, -0.15) is 0 Å². The fourth-order valence-electron chi connectivity index (χ4n) is 1.63. The molecule has 3 nitrogen and oxygen atoms in total. The van der Waals surface area contributed by atoms with E-state index in [1.807, 2.05) is 12.1 Å². The highest BCUT2D eigenvalue weighted by Crippen LogP contribution is 2.39. The van der Waals surface area contributed by atoms with Crippen LogP contribution in [0, 0.1) is 5.92 Å². The Balaban J connectivity index is 2.24. The van der Waals surface area contributed by atoms with Crippen LogP contribution >= 0.6 is 0 Å². The van der Waals surface area contributed by atoms with Crippen molar-refractivity contribution in [1.29, 1.82) is 0 Å². The molecule has 4 N–H and O–H groups in total. The van der Waals surface area contributed by atoms with Crippen molar-refractivity contribution in [3.05, 3.63) is 35.4 Å². The lowest BCUT2D eigenvalue weighted by Gasteiger charge is -2.10. The predicted molar refractivity (Wildman–Crippen MR) is 54.6 cm³/mol. The summed E-state index contributed by atoms with van der Waals surface area (Å²) >= 11 is 0. The van der Waals surface area contributed by atoms with E-state index in [4.69, 9.17) is 11.5 Å². The first-order chi connectivity index (χ1) is 6.68. The number of carbonyl (C=O) groups is 1. The van der Waals surface area contributed by atoms with Crippen LogP contribution in [0.1, 0.15) is 34.8 Å². The third-order valence-corrected chi connectivity index (χ3v) is 2.69. The van der Waals surface area contributed by atoms with Gasteiger partial charge in [0.15, 0.2) is 0 Å². The molecule has 1 saturated carbocycles. The number of hydrogen-bond donors (Lipinski definition) is 2. The van der Waals surface area contributed by atoms with Crippen LogP contribution in [0.15, 0.2) is 24.3 Å². The van der Waals surface area contributed by atoms with E-state index in [1.54, 1.807) is 12.1 Å². The molecular formula is C11H14N2O. The second-order valence-electron chi connectivity index (χ2n) is 3.85. The summed E-state index contributed by atoms with van der Waals surface area (Å²) in [4.78, 5) is 10.9. The Morgan fingerprint density at radius 3 is 2.71 bits per heavy atom. The van der Waals surface area contributed by atoms with Gasteiger partial charge in [-0.3, -0.25) is 4.79 Å². The standard InChI is InChI=1S/C11H14N2O/c12-10(7-4-5-7)8-2-1-3-9(6-8)11(13)14/h1-3,6-7,10H,4-5,12H2,(H2,13,14)/t10-/m1/s1. The van der Waals surface area contributed by atoms with Crippen LogP contribution in [0.25, 0.3) is 0 Å². The molecule has 74 valence electrons. The van der Waals surface area contributed by atoms with Gasteiger partial charge in [-0.25, -0.2) is 0 Å². The maximum Gasteiger partial charge on any atom is 0.248 e. The maximum atomic E-state index is 10.9. The van der Waals surface area contributed by atoms with Gasteiger partial charge >= 0.3 is 0 Å². The molecule has 0 radical (unpaired) electrons. The number of nitrogens with two attached hydrogens (primary N) is 2. The molecule has 0 aromatic heterocycles.